The lowest BCUT2D eigenvalue weighted by molar-refractivity contribution is 0.1000. The van der Waals surface area contributed by atoms with E-state index in [2.05, 4.69) is 15.7 Å². The van der Waals surface area contributed by atoms with Crippen LogP contribution >= 0.6 is 0 Å². The molecule has 0 aliphatic carbocycles. The molecule has 0 aromatic heterocycles. The third-order valence-corrected chi connectivity index (χ3v) is 10.0. The molecule has 8 nitrogen and oxygen atoms in total. The van der Waals surface area contributed by atoms with Crippen LogP contribution in [0.25, 0.3) is 0 Å². The van der Waals surface area contributed by atoms with Gasteiger partial charge < -0.3 is 5.73 Å². The van der Waals surface area contributed by atoms with E-state index in [9.17, 15) is 21.6 Å². The Morgan fingerprint density at radius 1 is 1.00 bits per heavy atom. The lowest BCUT2D eigenvalue weighted by atomic mass is 9.84. The van der Waals surface area contributed by atoms with Gasteiger partial charge in [-0.3, -0.25) is 9.69 Å². The summed E-state index contributed by atoms with van der Waals surface area (Å²) in [7, 11) is -7.15. The van der Waals surface area contributed by atoms with Crippen LogP contribution in [0.15, 0.2) is 54.6 Å². The van der Waals surface area contributed by atoms with Crippen LogP contribution in [0, 0.1) is 0 Å². The van der Waals surface area contributed by atoms with Gasteiger partial charge in [-0.1, -0.05) is 42.5 Å². The number of primary amides is 1. The second-order valence-corrected chi connectivity index (χ2v) is 14.2. The van der Waals surface area contributed by atoms with Crippen LogP contribution in [0.1, 0.15) is 65.5 Å². The van der Waals surface area contributed by atoms with E-state index in [1.165, 1.54) is 0 Å². The van der Waals surface area contributed by atoms with E-state index < -0.39 is 43.3 Å². The number of piperidine rings is 1. The minimum atomic E-state index is -3.77. The predicted octanol–water partition coefficient (Wildman–Crippen LogP) is 2.59. The number of rotatable bonds is 11. The van der Waals surface area contributed by atoms with Crippen molar-refractivity contribution in [1.82, 2.24) is 9.62 Å². The van der Waals surface area contributed by atoms with Crippen molar-refractivity contribution in [1.29, 1.82) is 0 Å². The third kappa shape index (κ3) is 6.94. The van der Waals surface area contributed by atoms with Crippen LogP contribution in [0.2, 0.25) is 0 Å². The van der Waals surface area contributed by atoms with Gasteiger partial charge in [0.25, 0.3) is 0 Å². The highest BCUT2D eigenvalue weighted by atomic mass is 32.2. The number of nitrogens with one attached hydrogen (secondary N) is 1. The standard InChI is InChI=1S/C26H35N3O5S2/c1-35(31,32)14-15-36(33,34)28-25(19-6-3-2-4-7-19)12-13-29-23-10-11-24(29)18-22(17-23)20-8-5-9-21(16-20)26(27)30/h2-9,16,22-25,28H,10-15,17-18H2,1H3,(H2,27,30)/t23-,24-,25?/m1/s1. The van der Waals surface area contributed by atoms with Gasteiger partial charge in [0, 0.05) is 36.5 Å². The molecule has 2 fully saturated rings. The zero-order valence-electron chi connectivity index (χ0n) is 20.5. The molecule has 2 aromatic rings. The molecule has 10 heteroatoms. The molecule has 2 saturated heterocycles. The van der Waals surface area contributed by atoms with Crippen LogP contribution in [-0.2, 0) is 19.9 Å². The Labute approximate surface area is 214 Å². The fourth-order valence-electron chi connectivity index (χ4n) is 5.65. The SMILES string of the molecule is CS(=O)(=O)CCS(=O)(=O)NC(CCN1[C@@H]2CC[C@@H]1CC(c1cccc(C(N)=O)c1)C2)c1ccccc1. The maximum atomic E-state index is 12.7. The summed E-state index contributed by atoms with van der Waals surface area (Å²) in [4.78, 5) is 14.1. The highest BCUT2D eigenvalue weighted by molar-refractivity contribution is 7.93. The fourth-order valence-corrected chi connectivity index (χ4v) is 8.55. The molecular formula is C26H35N3O5S2. The van der Waals surface area contributed by atoms with E-state index in [1.807, 2.05) is 42.5 Å². The van der Waals surface area contributed by atoms with Crippen LogP contribution < -0.4 is 10.5 Å². The zero-order valence-corrected chi connectivity index (χ0v) is 22.2. The monoisotopic (exact) mass is 533 g/mol. The summed E-state index contributed by atoms with van der Waals surface area (Å²) in [6, 6.07) is 17.4. The molecule has 196 valence electrons. The van der Waals surface area contributed by atoms with Crippen molar-refractivity contribution in [2.75, 3.05) is 24.3 Å². The summed E-state index contributed by atoms with van der Waals surface area (Å²) in [5, 5.41) is 0. The Morgan fingerprint density at radius 3 is 2.28 bits per heavy atom. The molecule has 36 heavy (non-hydrogen) atoms. The molecule has 0 saturated carbocycles. The van der Waals surface area contributed by atoms with E-state index in [0.29, 0.717) is 30.0 Å². The second kappa shape index (κ2) is 11.0. The Balaban J connectivity index is 1.43. The van der Waals surface area contributed by atoms with Gasteiger partial charge in [-0.2, -0.15) is 0 Å². The highest BCUT2D eigenvalue weighted by Gasteiger charge is 2.41. The van der Waals surface area contributed by atoms with Gasteiger partial charge in [0.1, 0.15) is 9.84 Å². The van der Waals surface area contributed by atoms with Gasteiger partial charge in [-0.05, 0) is 61.3 Å². The second-order valence-electron chi connectivity index (χ2n) is 10.1. The van der Waals surface area contributed by atoms with E-state index in [0.717, 1.165) is 49.6 Å². The number of hydrogen-bond donors (Lipinski definition) is 2. The number of amides is 1. The average Bonchev–Trinajstić information content (AvgIpc) is 3.07. The Hall–Kier alpha value is -2.27. The number of fused-ring (bicyclic) bond motifs is 2. The van der Waals surface area contributed by atoms with Crippen molar-refractivity contribution in [3.8, 4) is 0 Å². The lowest BCUT2D eigenvalue weighted by Gasteiger charge is -2.40. The van der Waals surface area contributed by atoms with Crippen molar-refractivity contribution in [3.63, 3.8) is 0 Å². The molecule has 0 spiro atoms. The van der Waals surface area contributed by atoms with Crippen molar-refractivity contribution in [3.05, 3.63) is 71.3 Å². The molecular weight excluding hydrogens is 498 g/mol. The number of nitrogens with two attached hydrogens (primary N) is 1. The number of carbonyl (C=O) groups excluding carboxylic acids is 1. The number of sulfonamides is 1. The van der Waals surface area contributed by atoms with Crippen molar-refractivity contribution in [2.24, 2.45) is 5.73 Å². The van der Waals surface area contributed by atoms with Crippen molar-refractivity contribution in [2.45, 2.75) is 56.1 Å². The van der Waals surface area contributed by atoms with Crippen molar-refractivity contribution < 1.29 is 21.6 Å². The maximum absolute atomic E-state index is 12.7. The molecule has 3 N–H and O–H groups in total. The molecule has 1 unspecified atom stereocenters. The first-order chi connectivity index (χ1) is 17.0. The summed E-state index contributed by atoms with van der Waals surface area (Å²) >= 11 is 0. The smallest absolute Gasteiger partial charge is 0.248 e. The number of hydrogen-bond acceptors (Lipinski definition) is 6. The Kier molecular flexibility index (Phi) is 8.18. The van der Waals surface area contributed by atoms with E-state index >= 15 is 0 Å². The topological polar surface area (TPSA) is 127 Å². The van der Waals surface area contributed by atoms with Crippen LogP contribution in [-0.4, -0.2) is 64.0 Å². The largest absolute Gasteiger partial charge is 0.366 e. The number of benzene rings is 2. The number of carbonyl (C=O) groups is 1. The normalized spacial score (nSPS) is 23.4. The quantitative estimate of drug-likeness (QED) is 0.457. The molecule has 2 aliphatic rings. The minimum absolute atomic E-state index is 0.373. The van der Waals surface area contributed by atoms with Gasteiger partial charge in [0.05, 0.1) is 11.5 Å². The van der Waals surface area contributed by atoms with E-state index in [-0.39, 0.29) is 0 Å². The minimum Gasteiger partial charge on any atom is -0.366 e. The average molecular weight is 534 g/mol. The molecule has 0 radical (unpaired) electrons. The van der Waals surface area contributed by atoms with Gasteiger partial charge in [-0.15, -0.1) is 0 Å². The number of sulfone groups is 1. The first-order valence-corrected chi connectivity index (χ1v) is 16.1. The van der Waals surface area contributed by atoms with E-state index in [1.54, 1.807) is 6.07 Å². The molecule has 2 heterocycles. The molecule has 2 aromatic carbocycles. The maximum Gasteiger partial charge on any atom is 0.248 e. The molecule has 2 bridgehead atoms. The zero-order chi connectivity index (χ0) is 25.9. The first-order valence-electron chi connectivity index (χ1n) is 12.4. The summed E-state index contributed by atoms with van der Waals surface area (Å²) in [6.45, 7) is 0.748. The lowest BCUT2D eigenvalue weighted by Crippen LogP contribution is -2.44. The molecule has 2 aliphatic heterocycles. The van der Waals surface area contributed by atoms with Crippen LogP contribution in [0.3, 0.4) is 0 Å². The van der Waals surface area contributed by atoms with Crippen LogP contribution in [0.4, 0.5) is 0 Å². The Bertz CT molecular complexity index is 1270. The molecule has 1 amide bonds. The molecule has 4 rings (SSSR count). The summed E-state index contributed by atoms with van der Waals surface area (Å²) in [6.07, 6.45) is 5.83. The van der Waals surface area contributed by atoms with Gasteiger partial charge in [0.2, 0.25) is 15.9 Å². The van der Waals surface area contributed by atoms with E-state index in [4.69, 9.17) is 5.73 Å². The third-order valence-electron chi connectivity index (χ3n) is 7.45. The van der Waals surface area contributed by atoms with Crippen molar-refractivity contribution >= 4 is 25.8 Å². The van der Waals surface area contributed by atoms with Gasteiger partial charge >= 0.3 is 0 Å². The summed E-state index contributed by atoms with van der Waals surface area (Å²) in [5.41, 5.74) is 8.04. The number of nitrogens with zero attached hydrogens (tertiary/aromatic N) is 1. The fraction of sp³-hybridized carbons (Fsp3) is 0.500. The summed E-state index contributed by atoms with van der Waals surface area (Å²) < 4.78 is 51.2. The molecule has 3 atom stereocenters. The highest BCUT2D eigenvalue weighted by Crippen LogP contribution is 2.43. The van der Waals surface area contributed by atoms with Gasteiger partial charge in [0.15, 0.2) is 0 Å². The summed E-state index contributed by atoms with van der Waals surface area (Å²) in [5.74, 6) is -0.894. The Morgan fingerprint density at radius 2 is 1.67 bits per heavy atom. The predicted molar refractivity (Wildman–Crippen MR) is 141 cm³/mol. The van der Waals surface area contributed by atoms with Crippen LogP contribution in [0.5, 0.6) is 0 Å². The van der Waals surface area contributed by atoms with Gasteiger partial charge in [-0.25, -0.2) is 21.6 Å². The first kappa shape index (κ1) is 26.8.